The molecule has 2 bridgehead atoms. The van der Waals surface area contributed by atoms with E-state index in [0.29, 0.717) is 12.1 Å². The highest BCUT2D eigenvalue weighted by atomic mass is 16.2. The van der Waals surface area contributed by atoms with Gasteiger partial charge in [-0.3, -0.25) is 9.36 Å². The van der Waals surface area contributed by atoms with Crippen molar-refractivity contribution in [3.05, 3.63) is 32.6 Å². The first-order chi connectivity index (χ1) is 11.6. The quantitative estimate of drug-likeness (QED) is 0.853. The molecule has 1 aliphatic rings. The predicted molar refractivity (Wildman–Crippen MR) is 98.7 cm³/mol. The summed E-state index contributed by atoms with van der Waals surface area (Å²) in [6, 6.07) is 0. The van der Waals surface area contributed by atoms with Crippen LogP contribution in [0.15, 0.2) is 15.8 Å². The second-order valence-corrected chi connectivity index (χ2v) is 7.06. The molecule has 0 aromatic carbocycles. The summed E-state index contributed by atoms with van der Waals surface area (Å²) < 4.78 is 3.17. The van der Waals surface area contributed by atoms with Gasteiger partial charge in [0.1, 0.15) is 0 Å². The summed E-state index contributed by atoms with van der Waals surface area (Å²) in [7, 11) is 0. The molecule has 0 radical (unpaired) electrons. The summed E-state index contributed by atoms with van der Waals surface area (Å²) in [5, 5.41) is 0. The topological polar surface area (TPSA) is 47.2 Å². The van der Waals surface area contributed by atoms with Crippen LogP contribution in [0.3, 0.4) is 0 Å². The lowest BCUT2D eigenvalue weighted by Gasteiger charge is -2.22. The van der Waals surface area contributed by atoms with Gasteiger partial charge in [-0.15, -0.1) is 0 Å². The van der Waals surface area contributed by atoms with Crippen molar-refractivity contribution in [3.8, 4) is 0 Å². The highest BCUT2D eigenvalue weighted by Crippen LogP contribution is 2.07. The third kappa shape index (κ3) is 5.33. The Morgan fingerprint density at radius 2 is 1.54 bits per heavy atom. The van der Waals surface area contributed by atoms with E-state index in [9.17, 15) is 9.59 Å². The smallest absolute Gasteiger partial charge is 0.303 e. The molecule has 1 aliphatic heterocycles. The second-order valence-electron chi connectivity index (χ2n) is 7.06. The molecular weight excluding hydrogens is 302 g/mol. The molecule has 24 heavy (non-hydrogen) atoms. The minimum Gasteiger partial charge on any atom is -0.303 e. The third-order valence-corrected chi connectivity index (χ3v) is 4.97. The van der Waals surface area contributed by atoms with E-state index in [1.165, 1.54) is 36.9 Å². The number of hydrogen-bond donors (Lipinski definition) is 0. The van der Waals surface area contributed by atoms with E-state index in [0.717, 1.165) is 45.2 Å². The van der Waals surface area contributed by atoms with Gasteiger partial charge in [0, 0.05) is 24.8 Å². The molecule has 0 saturated carbocycles. The maximum absolute atomic E-state index is 12.5. The molecule has 0 fully saturated rings. The largest absolute Gasteiger partial charge is 0.330 e. The maximum atomic E-state index is 12.5. The zero-order valence-electron chi connectivity index (χ0n) is 15.4. The van der Waals surface area contributed by atoms with Crippen molar-refractivity contribution in [1.82, 2.24) is 14.0 Å². The normalized spacial score (nSPS) is 18.2. The molecule has 0 unspecified atom stereocenters. The highest BCUT2D eigenvalue weighted by molar-refractivity contribution is 5.02. The fourth-order valence-electron chi connectivity index (χ4n) is 3.45. The van der Waals surface area contributed by atoms with Crippen LogP contribution in [-0.2, 0) is 13.1 Å². The highest BCUT2D eigenvalue weighted by Gasteiger charge is 2.10. The van der Waals surface area contributed by atoms with Crippen molar-refractivity contribution in [3.63, 3.8) is 0 Å². The van der Waals surface area contributed by atoms with Crippen LogP contribution in [0.1, 0.15) is 63.9 Å². The number of unbranched alkanes of at least 4 members (excludes halogenated alkanes) is 1. The van der Waals surface area contributed by atoms with Gasteiger partial charge >= 0.3 is 5.69 Å². The van der Waals surface area contributed by atoms with Gasteiger partial charge in [-0.1, -0.05) is 26.2 Å². The van der Waals surface area contributed by atoms with Crippen LogP contribution in [0, 0.1) is 6.92 Å². The van der Waals surface area contributed by atoms with E-state index in [1.54, 1.807) is 10.8 Å². The van der Waals surface area contributed by atoms with E-state index < -0.39 is 0 Å². The van der Waals surface area contributed by atoms with Gasteiger partial charge in [-0.05, 0) is 58.7 Å². The van der Waals surface area contributed by atoms with Crippen LogP contribution in [-0.4, -0.2) is 33.7 Å². The molecule has 1 aromatic rings. The molecule has 5 nitrogen and oxygen atoms in total. The van der Waals surface area contributed by atoms with Gasteiger partial charge < -0.3 is 9.47 Å². The molecule has 0 aliphatic carbocycles. The minimum absolute atomic E-state index is 0.118. The van der Waals surface area contributed by atoms with E-state index in [4.69, 9.17) is 0 Å². The maximum Gasteiger partial charge on any atom is 0.330 e. The standard InChI is InChI=1S/C19H33N3O2/c1-3-4-11-20-12-7-5-9-14-21-16-17(2)18(23)22(19(21)24)15-10-6-8-13-20/h16H,3-15H2,1-2H3. The van der Waals surface area contributed by atoms with Crippen LogP contribution in [0.2, 0.25) is 0 Å². The fraction of sp³-hybridized carbons (Fsp3) is 0.789. The Morgan fingerprint density at radius 3 is 2.21 bits per heavy atom. The molecule has 5 heteroatoms. The van der Waals surface area contributed by atoms with E-state index in [2.05, 4.69) is 11.8 Å². The minimum atomic E-state index is -0.132. The van der Waals surface area contributed by atoms with Crippen LogP contribution in [0.4, 0.5) is 0 Å². The molecule has 0 saturated heterocycles. The SMILES string of the molecule is CCCCN1CCCCCn2cc(C)c(=O)n(c2=O)CCCCC1. The number of nitrogens with zero attached hydrogens (tertiary/aromatic N) is 3. The molecule has 0 amide bonds. The number of rotatable bonds is 3. The third-order valence-electron chi connectivity index (χ3n) is 4.97. The Labute approximate surface area is 145 Å². The van der Waals surface area contributed by atoms with E-state index in [1.807, 2.05) is 6.92 Å². The van der Waals surface area contributed by atoms with Crippen molar-refractivity contribution < 1.29 is 0 Å². The lowest BCUT2D eigenvalue weighted by molar-refractivity contribution is 0.254. The van der Waals surface area contributed by atoms with Crippen molar-refractivity contribution in [2.75, 3.05) is 19.6 Å². The molecule has 0 atom stereocenters. The van der Waals surface area contributed by atoms with Gasteiger partial charge in [-0.2, -0.15) is 0 Å². The van der Waals surface area contributed by atoms with Gasteiger partial charge in [0.05, 0.1) is 0 Å². The molecule has 136 valence electrons. The summed E-state index contributed by atoms with van der Waals surface area (Å²) in [6.45, 7) is 8.84. The Hall–Kier alpha value is -1.36. The van der Waals surface area contributed by atoms with E-state index in [-0.39, 0.29) is 11.2 Å². The first-order valence-corrected chi connectivity index (χ1v) is 9.66. The van der Waals surface area contributed by atoms with Crippen molar-refractivity contribution >= 4 is 0 Å². The number of aryl methyl sites for hydroxylation is 2. The van der Waals surface area contributed by atoms with Crippen LogP contribution in [0.5, 0.6) is 0 Å². The van der Waals surface area contributed by atoms with Crippen molar-refractivity contribution in [2.45, 2.75) is 78.3 Å². The zero-order valence-corrected chi connectivity index (χ0v) is 15.4. The lowest BCUT2D eigenvalue weighted by Crippen LogP contribution is -2.40. The van der Waals surface area contributed by atoms with Gasteiger partial charge in [0.25, 0.3) is 5.56 Å². The number of hydrogen-bond acceptors (Lipinski definition) is 3. The Morgan fingerprint density at radius 1 is 0.917 bits per heavy atom. The molecule has 0 spiro atoms. The van der Waals surface area contributed by atoms with Gasteiger partial charge in [0.15, 0.2) is 0 Å². The molecule has 2 rings (SSSR count). The monoisotopic (exact) mass is 335 g/mol. The Balaban J connectivity index is 2.07. The predicted octanol–water partition coefficient (Wildman–Crippen LogP) is 2.77. The van der Waals surface area contributed by atoms with Crippen molar-refractivity contribution in [1.29, 1.82) is 0 Å². The zero-order chi connectivity index (χ0) is 17.4. The van der Waals surface area contributed by atoms with Gasteiger partial charge in [0.2, 0.25) is 0 Å². The first kappa shape index (κ1) is 19.0. The molecule has 0 N–H and O–H groups in total. The summed E-state index contributed by atoms with van der Waals surface area (Å²) in [5.41, 5.74) is 0.424. The average Bonchev–Trinajstić information content (AvgIpc) is 2.57. The van der Waals surface area contributed by atoms with Crippen LogP contribution in [0.25, 0.3) is 0 Å². The Kier molecular flexibility index (Phi) is 7.76. The van der Waals surface area contributed by atoms with Crippen LogP contribution < -0.4 is 11.2 Å². The molecule has 1 aromatic heterocycles. The fourth-order valence-corrected chi connectivity index (χ4v) is 3.45. The molecule has 2 heterocycles. The molecular formula is C19H33N3O2. The second kappa shape index (κ2) is 9.82. The van der Waals surface area contributed by atoms with Gasteiger partial charge in [-0.25, -0.2) is 4.79 Å². The summed E-state index contributed by atoms with van der Waals surface area (Å²) >= 11 is 0. The lowest BCUT2D eigenvalue weighted by atomic mass is 10.1. The number of fused-ring (bicyclic) bond motifs is 2. The number of aromatic nitrogens is 2. The first-order valence-electron chi connectivity index (χ1n) is 9.66. The summed E-state index contributed by atoms with van der Waals surface area (Å²) in [6.07, 6.45) is 10.7. The van der Waals surface area contributed by atoms with Crippen molar-refractivity contribution in [2.24, 2.45) is 0 Å². The van der Waals surface area contributed by atoms with Crippen LogP contribution >= 0.6 is 0 Å². The Bertz CT molecular complexity index is 618. The summed E-state index contributed by atoms with van der Waals surface area (Å²) in [5.74, 6) is 0. The van der Waals surface area contributed by atoms with E-state index >= 15 is 0 Å². The summed E-state index contributed by atoms with van der Waals surface area (Å²) in [4.78, 5) is 27.4. The average molecular weight is 335 g/mol.